The molecule has 8 heteroatoms. The van der Waals surface area contributed by atoms with Gasteiger partial charge in [0.2, 0.25) is 5.95 Å². The quantitative estimate of drug-likeness (QED) is 0.670. The van der Waals surface area contributed by atoms with Gasteiger partial charge in [0.25, 0.3) is 0 Å². The predicted octanol–water partition coefficient (Wildman–Crippen LogP) is 4.63. The van der Waals surface area contributed by atoms with Crippen molar-refractivity contribution in [2.45, 2.75) is 62.9 Å². The lowest BCUT2D eigenvalue weighted by molar-refractivity contribution is 0.0894. The van der Waals surface area contributed by atoms with E-state index in [1.54, 1.807) is 12.3 Å². The third-order valence-electron chi connectivity index (χ3n) is 7.64. The lowest BCUT2D eigenvalue weighted by atomic mass is 9.88. The SMILES string of the molecule is CN(C)c1cnc(Nc2cc(C#N)c(C3CC3)cc2F)nc1N(C)[C@H]1CCCN2CCCC[C@H]12. The number of fused-ring (bicyclic) bond motifs is 1. The number of rotatable bonds is 6. The molecule has 1 N–H and O–H groups in total. The van der Waals surface area contributed by atoms with Gasteiger partial charge >= 0.3 is 0 Å². The second kappa shape index (κ2) is 9.38. The van der Waals surface area contributed by atoms with E-state index in [-0.39, 0.29) is 11.5 Å². The standard InChI is InChI=1S/C26H34FN7/c1-32(2)24-16-29-26(30-21-13-18(15-28)19(14-20(21)27)17-9-10-17)31-25(24)33(3)22-8-6-12-34-11-5-4-7-23(22)34/h13-14,16-17,22-23H,4-12H2,1-3H3,(H,29,30,31)/t22-,23+/m0/s1. The fraction of sp³-hybridized carbons (Fsp3) is 0.577. The van der Waals surface area contributed by atoms with Crippen molar-refractivity contribution in [3.8, 4) is 6.07 Å². The number of nitrogens with one attached hydrogen (secondary N) is 1. The van der Waals surface area contributed by atoms with Crippen LogP contribution in [-0.2, 0) is 0 Å². The van der Waals surface area contributed by atoms with E-state index in [1.807, 2.05) is 19.0 Å². The van der Waals surface area contributed by atoms with Gasteiger partial charge in [0, 0.05) is 33.2 Å². The number of aromatic nitrogens is 2. The van der Waals surface area contributed by atoms with E-state index >= 15 is 0 Å². The Morgan fingerprint density at radius 1 is 1.09 bits per heavy atom. The Hall–Kier alpha value is -2.92. The number of nitrogens with zero attached hydrogens (tertiary/aromatic N) is 6. The highest BCUT2D eigenvalue weighted by atomic mass is 19.1. The number of nitriles is 1. The minimum absolute atomic E-state index is 0.239. The molecule has 1 aliphatic carbocycles. The normalized spacial score (nSPS) is 22.6. The maximum Gasteiger partial charge on any atom is 0.229 e. The molecular weight excluding hydrogens is 429 g/mol. The third-order valence-corrected chi connectivity index (χ3v) is 7.64. The van der Waals surface area contributed by atoms with Gasteiger partial charge in [-0.25, -0.2) is 9.37 Å². The zero-order valence-corrected chi connectivity index (χ0v) is 20.4. The average Bonchev–Trinajstić information content (AvgIpc) is 3.69. The van der Waals surface area contributed by atoms with E-state index in [2.05, 4.69) is 33.2 Å². The second-order valence-electron chi connectivity index (χ2n) is 10.1. The molecular formula is C26H34FN7. The van der Waals surface area contributed by atoms with E-state index in [0.29, 0.717) is 29.5 Å². The highest BCUT2D eigenvalue weighted by Gasteiger charge is 2.36. The Bertz CT molecular complexity index is 1090. The Balaban J connectivity index is 1.45. The van der Waals surface area contributed by atoms with Crippen LogP contribution in [0.3, 0.4) is 0 Å². The lowest BCUT2D eigenvalue weighted by Gasteiger charge is -2.48. The van der Waals surface area contributed by atoms with E-state index in [0.717, 1.165) is 36.3 Å². The topological polar surface area (TPSA) is 71.3 Å². The van der Waals surface area contributed by atoms with Gasteiger partial charge in [0.15, 0.2) is 5.82 Å². The molecule has 1 aromatic heterocycles. The highest BCUT2D eigenvalue weighted by Crippen LogP contribution is 2.43. The molecule has 0 radical (unpaired) electrons. The number of halogens is 1. The molecule has 3 heterocycles. The third kappa shape index (κ3) is 4.41. The number of benzene rings is 1. The van der Waals surface area contributed by atoms with Crippen molar-refractivity contribution in [2.75, 3.05) is 49.3 Å². The molecule has 1 aromatic carbocycles. The van der Waals surface area contributed by atoms with Crippen LogP contribution in [0.1, 0.15) is 62.0 Å². The van der Waals surface area contributed by atoms with Gasteiger partial charge in [-0.15, -0.1) is 0 Å². The molecule has 0 unspecified atom stereocenters. The van der Waals surface area contributed by atoms with E-state index in [4.69, 9.17) is 4.98 Å². The molecule has 34 heavy (non-hydrogen) atoms. The summed E-state index contributed by atoms with van der Waals surface area (Å²) in [4.78, 5) is 16.3. The van der Waals surface area contributed by atoms with Crippen LogP contribution in [0.25, 0.3) is 0 Å². The van der Waals surface area contributed by atoms with Gasteiger partial charge < -0.3 is 15.1 Å². The summed E-state index contributed by atoms with van der Waals surface area (Å²) in [5.74, 6) is 1.12. The number of likely N-dealkylation sites (N-methyl/N-ethyl adjacent to an activating group) is 1. The van der Waals surface area contributed by atoms with Gasteiger partial charge in [0.05, 0.1) is 29.2 Å². The zero-order chi connectivity index (χ0) is 23.8. The van der Waals surface area contributed by atoms with E-state index in [9.17, 15) is 9.65 Å². The molecule has 7 nitrogen and oxygen atoms in total. The van der Waals surface area contributed by atoms with Crippen LogP contribution in [0.4, 0.5) is 27.5 Å². The Morgan fingerprint density at radius 2 is 1.88 bits per heavy atom. The Kier molecular flexibility index (Phi) is 6.30. The molecule has 0 spiro atoms. The first kappa shape index (κ1) is 22.9. The predicted molar refractivity (Wildman–Crippen MR) is 133 cm³/mol. The van der Waals surface area contributed by atoms with Crippen molar-refractivity contribution in [3.05, 3.63) is 35.3 Å². The number of anilines is 4. The van der Waals surface area contributed by atoms with Crippen LogP contribution in [0, 0.1) is 17.1 Å². The van der Waals surface area contributed by atoms with Crippen LogP contribution in [0.5, 0.6) is 0 Å². The van der Waals surface area contributed by atoms with Crippen LogP contribution < -0.4 is 15.1 Å². The first-order chi connectivity index (χ1) is 16.5. The van der Waals surface area contributed by atoms with Crippen LogP contribution in [0.15, 0.2) is 18.3 Å². The fourth-order valence-electron chi connectivity index (χ4n) is 5.67. The first-order valence-electron chi connectivity index (χ1n) is 12.5. The molecule has 1 saturated carbocycles. The summed E-state index contributed by atoms with van der Waals surface area (Å²) in [7, 11) is 6.11. The number of hydrogen-bond donors (Lipinski definition) is 1. The van der Waals surface area contributed by atoms with Crippen LogP contribution >= 0.6 is 0 Å². The largest absolute Gasteiger partial charge is 0.373 e. The van der Waals surface area contributed by atoms with Gasteiger partial charge in [-0.2, -0.15) is 10.2 Å². The van der Waals surface area contributed by atoms with Gasteiger partial charge in [0.1, 0.15) is 5.82 Å². The summed E-state index contributed by atoms with van der Waals surface area (Å²) in [5, 5.41) is 12.6. The molecule has 0 amide bonds. The van der Waals surface area contributed by atoms with E-state index < -0.39 is 0 Å². The molecule has 3 aliphatic rings. The number of hydrogen-bond acceptors (Lipinski definition) is 7. The minimum Gasteiger partial charge on any atom is -0.373 e. The van der Waals surface area contributed by atoms with Crippen molar-refractivity contribution in [1.29, 1.82) is 5.26 Å². The summed E-state index contributed by atoms with van der Waals surface area (Å²) in [6.07, 6.45) is 9.95. The maximum absolute atomic E-state index is 14.9. The zero-order valence-electron chi connectivity index (χ0n) is 20.4. The van der Waals surface area contributed by atoms with Gasteiger partial charge in [-0.3, -0.25) is 4.90 Å². The molecule has 0 bridgehead atoms. The summed E-state index contributed by atoms with van der Waals surface area (Å²) in [5.41, 5.74) is 2.50. The van der Waals surface area contributed by atoms with E-state index in [1.165, 1.54) is 44.8 Å². The second-order valence-corrected chi connectivity index (χ2v) is 10.1. The molecule has 2 atom stereocenters. The number of piperidine rings is 2. The molecule has 5 rings (SSSR count). The molecule has 2 saturated heterocycles. The van der Waals surface area contributed by atoms with Crippen molar-refractivity contribution < 1.29 is 4.39 Å². The maximum atomic E-state index is 14.9. The first-order valence-corrected chi connectivity index (χ1v) is 12.5. The van der Waals surface area contributed by atoms with Gasteiger partial charge in [-0.05, 0) is 75.2 Å². The summed E-state index contributed by atoms with van der Waals surface area (Å²) in [6, 6.07) is 6.25. The summed E-state index contributed by atoms with van der Waals surface area (Å²) < 4.78 is 14.9. The Labute approximate surface area is 201 Å². The lowest BCUT2D eigenvalue weighted by Crippen LogP contribution is -2.56. The van der Waals surface area contributed by atoms with Crippen molar-refractivity contribution in [3.63, 3.8) is 0 Å². The van der Waals surface area contributed by atoms with Crippen molar-refractivity contribution in [1.82, 2.24) is 14.9 Å². The molecule has 180 valence electrons. The van der Waals surface area contributed by atoms with Gasteiger partial charge in [-0.1, -0.05) is 6.42 Å². The average molecular weight is 464 g/mol. The highest BCUT2D eigenvalue weighted by molar-refractivity contribution is 5.69. The fourth-order valence-corrected chi connectivity index (χ4v) is 5.67. The molecule has 2 aromatic rings. The Morgan fingerprint density at radius 3 is 2.62 bits per heavy atom. The smallest absolute Gasteiger partial charge is 0.229 e. The minimum atomic E-state index is -0.374. The summed E-state index contributed by atoms with van der Waals surface area (Å²) in [6.45, 7) is 2.37. The van der Waals surface area contributed by atoms with Crippen LogP contribution in [-0.4, -0.2) is 61.2 Å². The molecule has 2 aliphatic heterocycles. The molecule has 3 fully saturated rings. The van der Waals surface area contributed by atoms with Crippen LogP contribution in [0.2, 0.25) is 0 Å². The summed E-state index contributed by atoms with van der Waals surface area (Å²) >= 11 is 0. The van der Waals surface area contributed by atoms with Crippen molar-refractivity contribution in [2.24, 2.45) is 0 Å². The van der Waals surface area contributed by atoms with Crippen molar-refractivity contribution >= 4 is 23.1 Å². The monoisotopic (exact) mass is 463 g/mol.